The molecule has 13 nitrogen and oxygen atoms in total. The van der Waals surface area contributed by atoms with Crippen molar-refractivity contribution in [1.82, 2.24) is 20.8 Å². The Labute approximate surface area is 297 Å². The van der Waals surface area contributed by atoms with E-state index in [1.54, 1.807) is 14.2 Å². The standard InChI is InChI=1S/C36H49N7O6S/c1-45-29-19-23-18-27-33(26(23)21-30(29)46-2)42-43-35(27)39-24-8-7-9-25(20-24)49-17-16-48-15-14-47-13-6-5-12-38-32(44)11-4-3-10-31-34-28(22-50-31)40-36(37)41-34/h7-9,18-21,28,31,34,39,42-43H,3-6,10-17,22H2,1-2H3,(H,38,44)(H3,37,40,41). The van der Waals surface area contributed by atoms with Gasteiger partial charge in [-0.3, -0.25) is 15.0 Å². The lowest BCUT2D eigenvalue weighted by molar-refractivity contribution is -0.121. The highest BCUT2D eigenvalue weighted by Gasteiger charge is 2.40. The van der Waals surface area contributed by atoms with E-state index in [0.29, 0.717) is 80.8 Å². The molecule has 4 aliphatic rings. The Morgan fingerprint density at radius 2 is 1.78 bits per heavy atom. The van der Waals surface area contributed by atoms with Crippen molar-refractivity contribution in [3.8, 4) is 28.5 Å². The summed E-state index contributed by atoms with van der Waals surface area (Å²) in [6.45, 7) is 3.25. The number of nitrogens with two attached hydrogens (primary N) is 1. The van der Waals surface area contributed by atoms with E-state index in [9.17, 15) is 4.79 Å². The summed E-state index contributed by atoms with van der Waals surface area (Å²) < 4.78 is 28.2. The Morgan fingerprint density at radius 1 is 0.960 bits per heavy atom. The van der Waals surface area contributed by atoms with Crippen LogP contribution in [0, 0.1) is 0 Å². The van der Waals surface area contributed by atoms with E-state index in [1.165, 1.54) is 0 Å². The van der Waals surface area contributed by atoms with E-state index in [2.05, 4.69) is 37.2 Å². The minimum Gasteiger partial charge on any atom is -0.493 e. The number of fused-ring (bicyclic) bond motifs is 4. The number of nitrogens with one attached hydrogen (secondary N) is 5. The Balaban J connectivity index is 0.778. The number of aliphatic imine (C=N–C) groups is 1. The molecule has 0 aromatic heterocycles. The summed E-state index contributed by atoms with van der Waals surface area (Å²) in [5, 5.41) is 18.8. The largest absolute Gasteiger partial charge is 0.493 e. The number of ether oxygens (including phenoxy) is 5. The van der Waals surface area contributed by atoms with Gasteiger partial charge in [0.05, 0.1) is 51.8 Å². The van der Waals surface area contributed by atoms with Crippen molar-refractivity contribution in [1.29, 1.82) is 0 Å². The van der Waals surface area contributed by atoms with Gasteiger partial charge in [-0.1, -0.05) is 12.5 Å². The molecule has 14 heteroatoms. The van der Waals surface area contributed by atoms with E-state index in [-0.39, 0.29) is 5.91 Å². The third kappa shape index (κ3) is 9.09. The van der Waals surface area contributed by atoms with Gasteiger partial charge in [0.25, 0.3) is 0 Å². The van der Waals surface area contributed by atoms with Gasteiger partial charge >= 0.3 is 0 Å². The molecule has 50 heavy (non-hydrogen) atoms. The van der Waals surface area contributed by atoms with Crippen LogP contribution in [0.4, 0.5) is 11.5 Å². The topological polar surface area (TPSA) is 169 Å². The number of thioether (sulfide) groups is 1. The third-order valence-electron chi connectivity index (χ3n) is 9.03. The smallest absolute Gasteiger partial charge is 0.219 e. The molecule has 1 fully saturated rings. The number of nitrogens with zero attached hydrogens (tertiary/aromatic N) is 1. The number of rotatable bonds is 21. The lowest BCUT2D eigenvalue weighted by Crippen LogP contribution is -2.38. The lowest BCUT2D eigenvalue weighted by atomic mass is 10.0. The molecule has 3 atom stereocenters. The Bertz CT molecular complexity index is 1690. The second kappa shape index (κ2) is 17.6. The van der Waals surface area contributed by atoms with Crippen LogP contribution < -0.4 is 35.9 Å². The van der Waals surface area contributed by atoms with Gasteiger partial charge in [0.15, 0.2) is 17.5 Å². The van der Waals surface area contributed by atoms with Gasteiger partial charge in [-0.05, 0) is 61.4 Å². The van der Waals surface area contributed by atoms with Crippen molar-refractivity contribution < 1.29 is 28.5 Å². The molecule has 7 N–H and O–H groups in total. The monoisotopic (exact) mass is 707 g/mol. The second-order valence-corrected chi connectivity index (χ2v) is 13.8. The maximum atomic E-state index is 12.2. The first-order valence-electron chi connectivity index (χ1n) is 17.4. The number of anilines is 2. The van der Waals surface area contributed by atoms with Gasteiger partial charge in [0.1, 0.15) is 18.2 Å². The van der Waals surface area contributed by atoms with Crippen LogP contribution in [0.5, 0.6) is 17.2 Å². The minimum absolute atomic E-state index is 0.127. The van der Waals surface area contributed by atoms with Crippen LogP contribution in [-0.4, -0.2) is 98.9 Å². The SMILES string of the molecule is COc1cc2cc3c(Nc4cccc(OCCOCCOCCCCNC(=O)CCCCC5SCC6NC(N)=NC65)c4)[nH][nH]c-3c2cc1OC. The zero-order valence-corrected chi connectivity index (χ0v) is 29.7. The molecule has 0 radical (unpaired) electrons. The number of carbonyl (C=O) groups excluding carboxylic acids is 1. The maximum Gasteiger partial charge on any atom is 0.219 e. The number of hydrogen-bond donors (Lipinski definition) is 6. The number of carbonyl (C=O) groups is 1. The lowest BCUT2D eigenvalue weighted by Gasteiger charge is -2.14. The summed E-state index contributed by atoms with van der Waals surface area (Å²) in [7, 11) is 3.27. The average molecular weight is 708 g/mol. The van der Waals surface area contributed by atoms with Gasteiger partial charge in [-0.15, -0.1) is 0 Å². The van der Waals surface area contributed by atoms with Gasteiger partial charge in [0, 0.05) is 53.3 Å². The second-order valence-electron chi connectivity index (χ2n) is 12.5. The number of guanidine groups is 1. The highest BCUT2D eigenvalue weighted by atomic mass is 32.2. The molecule has 2 aromatic rings. The van der Waals surface area contributed by atoms with Crippen LogP contribution in [0.15, 0.2) is 47.5 Å². The fourth-order valence-corrected chi connectivity index (χ4v) is 7.99. The molecular formula is C36H49N7O6S. The Hall–Kier alpha value is -4.27. The first-order valence-corrected chi connectivity index (χ1v) is 18.5. The van der Waals surface area contributed by atoms with Crippen LogP contribution in [-0.2, 0) is 14.3 Å². The van der Waals surface area contributed by atoms with Gasteiger partial charge in [-0.25, -0.2) is 4.99 Å². The Morgan fingerprint density at radius 3 is 2.64 bits per heavy atom. The fraction of sp³-hybridized carbons (Fsp3) is 0.500. The summed E-state index contributed by atoms with van der Waals surface area (Å²) >= 11 is 1.97. The van der Waals surface area contributed by atoms with Gasteiger partial charge in [0.2, 0.25) is 5.91 Å². The van der Waals surface area contributed by atoms with E-state index in [0.717, 1.165) is 77.1 Å². The molecular weight excluding hydrogens is 659 g/mol. The van der Waals surface area contributed by atoms with Crippen LogP contribution in [0.25, 0.3) is 22.0 Å². The molecule has 0 bridgehead atoms. The van der Waals surface area contributed by atoms with Crippen molar-refractivity contribution in [3.63, 3.8) is 0 Å². The normalized spacial score (nSPS) is 18.2. The minimum atomic E-state index is 0.127. The molecule has 3 heterocycles. The van der Waals surface area contributed by atoms with Crippen LogP contribution in [0.2, 0.25) is 0 Å². The molecule has 6 rings (SSSR count). The average Bonchev–Trinajstić information content (AvgIpc) is 3.88. The summed E-state index contributed by atoms with van der Waals surface area (Å²) in [5.74, 6) is 4.74. The quantitative estimate of drug-likeness (QED) is 0.0649. The summed E-state index contributed by atoms with van der Waals surface area (Å²) in [6, 6.07) is 14.6. The molecule has 270 valence electrons. The van der Waals surface area contributed by atoms with Crippen molar-refractivity contribution >= 4 is 45.9 Å². The zero-order chi connectivity index (χ0) is 34.7. The number of H-pyrrole nitrogens is 2. The predicted molar refractivity (Wildman–Crippen MR) is 199 cm³/mol. The number of unbranched alkanes of at least 4 members (excludes halogenated alkanes) is 2. The van der Waals surface area contributed by atoms with Crippen LogP contribution >= 0.6 is 11.8 Å². The van der Waals surface area contributed by atoms with Crippen molar-refractivity contribution in [2.24, 2.45) is 10.7 Å². The maximum absolute atomic E-state index is 12.2. The fourth-order valence-electron chi connectivity index (χ4n) is 6.48. The number of aromatic nitrogens is 2. The first kappa shape index (κ1) is 35.6. The molecule has 3 unspecified atom stereocenters. The highest BCUT2D eigenvalue weighted by Crippen LogP contribution is 2.43. The Kier molecular flexibility index (Phi) is 12.5. The van der Waals surface area contributed by atoms with Crippen LogP contribution in [0.1, 0.15) is 38.5 Å². The summed E-state index contributed by atoms with van der Waals surface area (Å²) in [5.41, 5.74) is 8.72. The van der Waals surface area contributed by atoms with Crippen LogP contribution in [0.3, 0.4) is 0 Å². The molecule has 0 spiro atoms. The van der Waals surface area contributed by atoms with E-state index >= 15 is 0 Å². The van der Waals surface area contributed by atoms with E-state index in [4.69, 9.17) is 29.4 Å². The predicted octanol–water partition coefficient (Wildman–Crippen LogP) is 5.00. The summed E-state index contributed by atoms with van der Waals surface area (Å²) in [6.07, 6.45) is 5.38. The number of hydrogen-bond acceptors (Lipinski definition) is 11. The first-order chi connectivity index (χ1) is 24.5. The third-order valence-corrected chi connectivity index (χ3v) is 10.5. The van der Waals surface area contributed by atoms with Gasteiger partial charge < -0.3 is 45.4 Å². The number of aromatic amines is 2. The van der Waals surface area contributed by atoms with E-state index < -0.39 is 0 Å². The molecule has 0 saturated carbocycles. The number of methoxy groups -OCH3 is 2. The van der Waals surface area contributed by atoms with Gasteiger partial charge in [-0.2, -0.15) is 11.8 Å². The van der Waals surface area contributed by atoms with Crippen molar-refractivity contribution in [3.05, 3.63) is 42.5 Å². The molecule has 1 amide bonds. The molecule has 2 aromatic carbocycles. The zero-order valence-electron chi connectivity index (χ0n) is 28.8. The highest BCUT2D eigenvalue weighted by molar-refractivity contribution is 8.00. The summed E-state index contributed by atoms with van der Waals surface area (Å²) in [4.78, 5) is 16.7. The molecule has 1 saturated heterocycles. The van der Waals surface area contributed by atoms with Crippen molar-refractivity contribution in [2.75, 3.05) is 64.9 Å². The van der Waals surface area contributed by atoms with Crippen molar-refractivity contribution in [2.45, 2.75) is 55.9 Å². The number of benzene rings is 2. The number of amides is 1. The van der Waals surface area contributed by atoms with E-state index in [1.807, 2.05) is 48.2 Å². The molecule has 3 aliphatic heterocycles. The molecule has 1 aliphatic carbocycles.